The lowest BCUT2D eigenvalue weighted by molar-refractivity contribution is -0.146. The van der Waals surface area contributed by atoms with E-state index in [1.165, 1.54) is 0 Å². The van der Waals surface area contributed by atoms with E-state index in [4.69, 9.17) is 5.11 Å². The van der Waals surface area contributed by atoms with Crippen molar-refractivity contribution in [2.75, 3.05) is 13.1 Å². The molecule has 3 nitrogen and oxygen atoms in total. The molecule has 0 saturated heterocycles. The first-order chi connectivity index (χ1) is 6.71. The monoisotopic (exact) mass is 215 g/mol. The summed E-state index contributed by atoms with van der Waals surface area (Å²) >= 11 is 0. The van der Waals surface area contributed by atoms with Crippen LogP contribution in [0.5, 0.6) is 0 Å². The van der Waals surface area contributed by atoms with Crippen LogP contribution in [-0.2, 0) is 4.79 Å². The standard InChI is InChI=1S/C12H25NO2/c1-6-7-11(2,3)8-13-9-12(4,5)10(14)15/h13H,6-9H2,1-5H3,(H,14,15). The van der Waals surface area contributed by atoms with Crippen molar-refractivity contribution in [1.29, 1.82) is 0 Å². The Balaban J connectivity index is 3.93. The molecule has 90 valence electrons. The van der Waals surface area contributed by atoms with Gasteiger partial charge in [-0.05, 0) is 25.7 Å². The molecule has 0 unspecified atom stereocenters. The van der Waals surface area contributed by atoms with Crippen LogP contribution in [-0.4, -0.2) is 24.2 Å². The quantitative estimate of drug-likeness (QED) is 0.686. The lowest BCUT2D eigenvalue weighted by atomic mass is 9.87. The maximum Gasteiger partial charge on any atom is 0.310 e. The van der Waals surface area contributed by atoms with Gasteiger partial charge in [-0.15, -0.1) is 0 Å². The second kappa shape index (κ2) is 5.50. The van der Waals surface area contributed by atoms with Crippen LogP contribution in [0.25, 0.3) is 0 Å². The maximum atomic E-state index is 10.9. The number of aliphatic carboxylic acids is 1. The molecule has 0 aliphatic rings. The Kier molecular flexibility index (Phi) is 5.29. The van der Waals surface area contributed by atoms with Gasteiger partial charge in [0.05, 0.1) is 5.41 Å². The Bertz CT molecular complexity index is 210. The predicted molar refractivity (Wildman–Crippen MR) is 63.0 cm³/mol. The highest BCUT2D eigenvalue weighted by molar-refractivity contribution is 5.73. The first kappa shape index (κ1) is 14.4. The maximum absolute atomic E-state index is 10.9. The molecule has 0 fully saturated rings. The second-order valence-electron chi connectivity index (χ2n) is 5.71. The van der Waals surface area contributed by atoms with E-state index in [0.717, 1.165) is 19.4 Å². The fourth-order valence-electron chi connectivity index (χ4n) is 1.55. The van der Waals surface area contributed by atoms with Crippen LogP contribution in [0, 0.1) is 10.8 Å². The lowest BCUT2D eigenvalue weighted by Gasteiger charge is -2.27. The molecule has 0 amide bonds. The van der Waals surface area contributed by atoms with Gasteiger partial charge in [0.1, 0.15) is 0 Å². The molecule has 2 N–H and O–H groups in total. The molecule has 0 aromatic heterocycles. The Morgan fingerprint density at radius 1 is 1.20 bits per heavy atom. The van der Waals surface area contributed by atoms with Gasteiger partial charge in [-0.25, -0.2) is 0 Å². The molecule has 3 heteroatoms. The molecule has 0 aromatic rings. The zero-order valence-electron chi connectivity index (χ0n) is 10.7. The van der Waals surface area contributed by atoms with Crippen LogP contribution in [0.1, 0.15) is 47.5 Å². The van der Waals surface area contributed by atoms with Gasteiger partial charge in [0.15, 0.2) is 0 Å². The van der Waals surface area contributed by atoms with Gasteiger partial charge in [-0.1, -0.05) is 27.2 Å². The molecule has 0 aromatic carbocycles. The van der Waals surface area contributed by atoms with E-state index in [9.17, 15) is 4.79 Å². The molecule has 0 atom stereocenters. The van der Waals surface area contributed by atoms with Gasteiger partial charge < -0.3 is 10.4 Å². The third-order valence-corrected chi connectivity index (χ3v) is 2.68. The zero-order chi connectivity index (χ0) is 12.1. The minimum atomic E-state index is -0.747. The Labute approximate surface area is 93.3 Å². The van der Waals surface area contributed by atoms with E-state index >= 15 is 0 Å². The van der Waals surface area contributed by atoms with Crippen molar-refractivity contribution in [2.24, 2.45) is 10.8 Å². The van der Waals surface area contributed by atoms with Crippen LogP contribution >= 0.6 is 0 Å². The third-order valence-electron chi connectivity index (χ3n) is 2.68. The van der Waals surface area contributed by atoms with Crippen molar-refractivity contribution in [3.63, 3.8) is 0 Å². The highest BCUT2D eigenvalue weighted by Gasteiger charge is 2.27. The average Bonchev–Trinajstić information content (AvgIpc) is 2.02. The molecule has 0 aliphatic heterocycles. The van der Waals surface area contributed by atoms with Gasteiger partial charge >= 0.3 is 5.97 Å². The highest BCUT2D eigenvalue weighted by Crippen LogP contribution is 2.21. The first-order valence-electron chi connectivity index (χ1n) is 5.65. The molecule has 0 rings (SSSR count). The summed E-state index contributed by atoms with van der Waals surface area (Å²) < 4.78 is 0. The van der Waals surface area contributed by atoms with Crippen LogP contribution in [0.2, 0.25) is 0 Å². The largest absolute Gasteiger partial charge is 0.481 e. The van der Waals surface area contributed by atoms with E-state index in [2.05, 4.69) is 26.1 Å². The Hall–Kier alpha value is -0.570. The van der Waals surface area contributed by atoms with Crippen LogP contribution < -0.4 is 5.32 Å². The Morgan fingerprint density at radius 2 is 1.73 bits per heavy atom. The zero-order valence-corrected chi connectivity index (χ0v) is 10.7. The van der Waals surface area contributed by atoms with Crippen molar-refractivity contribution >= 4 is 5.97 Å². The average molecular weight is 215 g/mol. The number of nitrogens with one attached hydrogen (secondary N) is 1. The summed E-state index contributed by atoms with van der Waals surface area (Å²) in [7, 11) is 0. The lowest BCUT2D eigenvalue weighted by Crippen LogP contribution is -2.39. The molecule has 0 bridgehead atoms. The van der Waals surface area contributed by atoms with E-state index < -0.39 is 11.4 Å². The highest BCUT2D eigenvalue weighted by atomic mass is 16.4. The number of carboxylic acids is 1. The van der Waals surface area contributed by atoms with E-state index in [-0.39, 0.29) is 5.41 Å². The molecule has 15 heavy (non-hydrogen) atoms. The molecule has 0 radical (unpaired) electrons. The van der Waals surface area contributed by atoms with Crippen molar-refractivity contribution in [3.8, 4) is 0 Å². The topological polar surface area (TPSA) is 49.3 Å². The summed E-state index contributed by atoms with van der Waals surface area (Å²) in [6, 6.07) is 0. The summed E-state index contributed by atoms with van der Waals surface area (Å²) in [4.78, 5) is 10.9. The van der Waals surface area contributed by atoms with E-state index in [1.807, 2.05) is 0 Å². The SMILES string of the molecule is CCCC(C)(C)CNCC(C)(C)C(=O)O. The second-order valence-corrected chi connectivity index (χ2v) is 5.71. The van der Waals surface area contributed by atoms with Gasteiger partial charge in [0.25, 0.3) is 0 Å². The van der Waals surface area contributed by atoms with E-state index in [0.29, 0.717) is 6.54 Å². The Morgan fingerprint density at radius 3 is 2.13 bits per heavy atom. The predicted octanol–water partition coefficient (Wildman–Crippen LogP) is 2.51. The van der Waals surface area contributed by atoms with Gasteiger partial charge in [0, 0.05) is 13.1 Å². The third kappa shape index (κ3) is 5.78. The normalized spacial score (nSPS) is 12.9. The number of hydrogen-bond acceptors (Lipinski definition) is 2. The number of carbonyl (C=O) groups is 1. The smallest absolute Gasteiger partial charge is 0.310 e. The molecule has 0 heterocycles. The molecule has 0 saturated carbocycles. The summed E-state index contributed by atoms with van der Waals surface area (Å²) in [6.07, 6.45) is 2.32. The van der Waals surface area contributed by atoms with Crippen LogP contribution in [0.4, 0.5) is 0 Å². The number of hydrogen-bond donors (Lipinski definition) is 2. The summed E-state index contributed by atoms with van der Waals surface area (Å²) in [5.41, 5.74) is -0.425. The molecular formula is C12H25NO2. The first-order valence-corrected chi connectivity index (χ1v) is 5.65. The fraction of sp³-hybridized carbons (Fsp3) is 0.917. The van der Waals surface area contributed by atoms with Crippen LogP contribution in [0.15, 0.2) is 0 Å². The summed E-state index contributed by atoms with van der Waals surface area (Å²) in [5.74, 6) is -0.747. The molecular weight excluding hydrogens is 190 g/mol. The van der Waals surface area contributed by atoms with Crippen molar-refractivity contribution in [1.82, 2.24) is 5.32 Å². The van der Waals surface area contributed by atoms with E-state index in [1.54, 1.807) is 13.8 Å². The van der Waals surface area contributed by atoms with Crippen molar-refractivity contribution < 1.29 is 9.90 Å². The summed E-state index contributed by atoms with van der Waals surface area (Å²) in [6.45, 7) is 11.5. The minimum Gasteiger partial charge on any atom is -0.481 e. The van der Waals surface area contributed by atoms with Crippen molar-refractivity contribution in [3.05, 3.63) is 0 Å². The summed E-state index contributed by atoms with van der Waals surface area (Å²) in [5, 5.41) is 12.2. The van der Waals surface area contributed by atoms with Gasteiger partial charge in [-0.2, -0.15) is 0 Å². The van der Waals surface area contributed by atoms with Crippen molar-refractivity contribution in [2.45, 2.75) is 47.5 Å². The number of rotatable bonds is 7. The number of carboxylic acid groups (broad SMARTS) is 1. The fourth-order valence-corrected chi connectivity index (χ4v) is 1.55. The van der Waals surface area contributed by atoms with Gasteiger partial charge in [-0.3, -0.25) is 4.79 Å². The molecule has 0 spiro atoms. The minimum absolute atomic E-state index is 0.253. The molecule has 0 aliphatic carbocycles. The van der Waals surface area contributed by atoms with Crippen LogP contribution in [0.3, 0.4) is 0 Å². The van der Waals surface area contributed by atoms with Gasteiger partial charge in [0.2, 0.25) is 0 Å².